The van der Waals surface area contributed by atoms with Crippen LogP contribution in [0.15, 0.2) is 0 Å². The first-order valence-electron chi connectivity index (χ1n) is 3.96. The summed E-state index contributed by atoms with van der Waals surface area (Å²) in [6.45, 7) is 0.779. The fourth-order valence-electron chi connectivity index (χ4n) is 1.36. The lowest BCUT2D eigenvalue weighted by atomic mass is 9.98. The predicted molar refractivity (Wildman–Crippen MR) is 40.6 cm³/mol. The molecule has 60 valence electrons. The van der Waals surface area contributed by atoms with E-state index in [-0.39, 0.29) is 5.91 Å². The Labute approximate surface area is 66.4 Å². The Morgan fingerprint density at radius 1 is 1.73 bits per heavy atom. The number of hydrogen-bond acceptors (Lipinski definition) is 2. The largest absolute Gasteiger partial charge is 0.356 e. The van der Waals surface area contributed by atoms with Crippen molar-refractivity contribution in [2.24, 2.45) is 5.92 Å². The lowest BCUT2D eigenvalue weighted by Crippen LogP contribution is -2.22. The molecule has 1 rings (SSSR count). The smallest absolute Gasteiger partial charge is 0.220 e. The number of nitriles is 1. The van der Waals surface area contributed by atoms with Crippen LogP contribution in [0.3, 0.4) is 0 Å². The molecule has 1 aliphatic rings. The number of nitrogens with one attached hydrogen (secondary N) is 1. The van der Waals surface area contributed by atoms with E-state index in [2.05, 4.69) is 11.4 Å². The molecule has 1 atom stereocenters. The summed E-state index contributed by atoms with van der Waals surface area (Å²) >= 11 is 0. The van der Waals surface area contributed by atoms with Crippen LogP contribution >= 0.6 is 0 Å². The van der Waals surface area contributed by atoms with Gasteiger partial charge in [-0.05, 0) is 18.8 Å². The highest BCUT2D eigenvalue weighted by atomic mass is 16.1. The summed E-state index contributed by atoms with van der Waals surface area (Å²) in [5.74, 6) is 0.394. The van der Waals surface area contributed by atoms with Crippen LogP contribution in [0, 0.1) is 17.2 Å². The molecule has 3 heteroatoms. The van der Waals surface area contributed by atoms with Gasteiger partial charge in [0.05, 0.1) is 6.07 Å². The van der Waals surface area contributed by atoms with Crippen LogP contribution < -0.4 is 5.32 Å². The van der Waals surface area contributed by atoms with Crippen molar-refractivity contribution in [1.29, 1.82) is 5.26 Å². The van der Waals surface area contributed by atoms with Crippen molar-refractivity contribution >= 4 is 5.91 Å². The molecule has 1 N–H and O–H groups in total. The van der Waals surface area contributed by atoms with E-state index >= 15 is 0 Å². The van der Waals surface area contributed by atoms with Gasteiger partial charge in [0.25, 0.3) is 0 Å². The number of carbonyl (C=O) groups excluding carboxylic acids is 1. The zero-order valence-electron chi connectivity index (χ0n) is 6.47. The SMILES string of the molecule is N#CCC1CCCNC(=O)C1. The second-order valence-corrected chi connectivity index (χ2v) is 2.92. The molecule has 0 aliphatic carbocycles. The maximum absolute atomic E-state index is 10.9. The van der Waals surface area contributed by atoms with Gasteiger partial charge in [-0.15, -0.1) is 0 Å². The molecule has 1 fully saturated rings. The minimum atomic E-state index is 0.0998. The molecule has 1 unspecified atom stereocenters. The van der Waals surface area contributed by atoms with Crippen LogP contribution in [0.2, 0.25) is 0 Å². The Balaban J connectivity index is 2.40. The third kappa shape index (κ3) is 2.58. The van der Waals surface area contributed by atoms with E-state index in [1.165, 1.54) is 0 Å². The van der Waals surface area contributed by atoms with Crippen LogP contribution in [0.5, 0.6) is 0 Å². The van der Waals surface area contributed by atoms with Crippen molar-refractivity contribution in [3.05, 3.63) is 0 Å². The van der Waals surface area contributed by atoms with E-state index in [0.717, 1.165) is 19.4 Å². The second-order valence-electron chi connectivity index (χ2n) is 2.92. The molecule has 1 aliphatic heterocycles. The van der Waals surface area contributed by atoms with Crippen LogP contribution in [0.1, 0.15) is 25.7 Å². The van der Waals surface area contributed by atoms with Gasteiger partial charge in [0.1, 0.15) is 0 Å². The Bertz CT molecular complexity index is 183. The molecule has 1 amide bonds. The second kappa shape index (κ2) is 3.97. The molecule has 1 heterocycles. The van der Waals surface area contributed by atoms with E-state index in [4.69, 9.17) is 5.26 Å². The highest BCUT2D eigenvalue weighted by Crippen LogP contribution is 2.16. The van der Waals surface area contributed by atoms with E-state index in [0.29, 0.717) is 18.8 Å². The predicted octanol–water partition coefficient (Wildman–Crippen LogP) is 0.816. The Morgan fingerprint density at radius 3 is 3.27 bits per heavy atom. The van der Waals surface area contributed by atoms with Gasteiger partial charge < -0.3 is 5.32 Å². The quantitative estimate of drug-likeness (QED) is 0.604. The molecular formula is C8H12N2O. The summed E-state index contributed by atoms with van der Waals surface area (Å²) in [6.07, 6.45) is 3.07. The molecule has 0 bridgehead atoms. The standard InChI is InChI=1S/C8H12N2O/c9-4-3-7-2-1-5-10-8(11)6-7/h7H,1-3,5-6H2,(H,10,11). The molecule has 11 heavy (non-hydrogen) atoms. The first-order valence-corrected chi connectivity index (χ1v) is 3.96. The third-order valence-electron chi connectivity index (χ3n) is 1.97. The molecule has 0 saturated carbocycles. The van der Waals surface area contributed by atoms with E-state index < -0.39 is 0 Å². The average molecular weight is 152 g/mol. The maximum Gasteiger partial charge on any atom is 0.220 e. The van der Waals surface area contributed by atoms with Crippen molar-refractivity contribution in [3.8, 4) is 6.07 Å². The Hall–Kier alpha value is -1.04. The molecule has 3 nitrogen and oxygen atoms in total. The van der Waals surface area contributed by atoms with E-state index in [1.807, 2.05) is 0 Å². The summed E-state index contributed by atoms with van der Waals surface area (Å²) in [7, 11) is 0. The number of carbonyl (C=O) groups is 1. The number of nitrogens with zero attached hydrogens (tertiary/aromatic N) is 1. The van der Waals surface area contributed by atoms with Crippen LogP contribution in [0.25, 0.3) is 0 Å². The molecule has 0 aromatic rings. The van der Waals surface area contributed by atoms with Crippen molar-refractivity contribution < 1.29 is 4.79 Å². The monoisotopic (exact) mass is 152 g/mol. The molecule has 1 saturated heterocycles. The number of hydrogen-bond donors (Lipinski definition) is 1. The summed E-state index contributed by atoms with van der Waals surface area (Å²) in [6, 6.07) is 2.11. The fourth-order valence-corrected chi connectivity index (χ4v) is 1.36. The average Bonchev–Trinajstić information content (AvgIpc) is 2.15. The minimum Gasteiger partial charge on any atom is -0.356 e. The van der Waals surface area contributed by atoms with Gasteiger partial charge in [0, 0.05) is 19.4 Å². The van der Waals surface area contributed by atoms with Gasteiger partial charge in [0.15, 0.2) is 0 Å². The summed E-state index contributed by atoms with van der Waals surface area (Å²) in [5.41, 5.74) is 0. The summed E-state index contributed by atoms with van der Waals surface area (Å²) in [5, 5.41) is 11.2. The highest BCUT2D eigenvalue weighted by molar-refractivity contribution is 5.76. The van der Waals surface area contributed by atoms with Gasteiger partial charge in [0.2, 0.25) is 5.91 Å². The third-order valence-corrected chi connectivity index (χ3v) is 1.97. The van der Waals surface area contributed by atoms with Gasteiger partial charge in [-0.3, -0.25) is 4.79 Å². The van der Waals surface area contributed by atoms with Gasteiger partial charge in [-0.25, -0.2) is 0 Å². The van der Waals surface area contributed by atoms with Crippen molar-refractivity contribution in [2.45, 2.75) is 25.7 Å². The zero-order valence-corrected chi connectivity index (χ0v) is 6.47. The molecule has 0 radical (unpaired) electrons. The van der Waals surface area contributed by atoms with E-state index in [1.54, 1.807) is 0 Å². The van der Waals surface area contributed by atoms with E-state index in [9.17, 15) is 4.79 Å². The Morgan fingerprint density at radius 2 is 2.55 bits per heavy atom. The van der Waals surface area contributed by atoms with Gasteiger partial charge in [-0.2, -0.15) is 5.26 Å². The Kier molecular flexibility index (Phi) is 2.91. The van der Waals surface area contributed by atoms with Gasteiger partial charge in [-0.1, -0.05) is 0 Å². The lowest BCUT2D eigenvalue weighted by molar-refractivity contribution is -0.121. The first kappa shape index (κ1) is 8.06. The number of amides is 1. The van der Waals surface area contributed by atoms with Crippen LogP contribution in [-0.2, 0) is 4.79 Å². The first-order chi connectivity index (χ1) is 5.33. The van der Waals surface area contributed by atoms with Crippen LogP contribution in [-0.4, -0.2) is 12.5 Å². The summed E-state index contributed by atoms with van der Waals surface area (Å²) < 4.78 is 0. The topological polar surface area (TPSA) is 52.9 Å². The number of rotatable bonds is 1. The van der Waals surface area contributed by atoms with Gasteiger partial charge >= 0.3 is 0 Å². The van der Waals surface area contributed by atoms with Crippen molar-refractivity contribution in [3.63, 3.8) is 0 Å². The maximum atomic E-state index is 10.9. The molecule has 0 spiro atoms. The highest BCUT2D eigenvalue weighted by Gasteiger charge is 2.16. The fraction of sp³-hybridized carbons (Fsp3) is 0.750. The van der Waals surface area contributed by atoms with Crippen molar-refractivity contribution in [1.82, 2.24) is 5.32 Å². The van der Waals surface area contributed by atoms with Crippen molar-refractivity contribution in [2.75, 3.05) is 6.54 Å². The zero-order chi connectivity index (χ0) is 8.10. The molecule has 0 aromatic heterocycles. The minimum absolute atomic E-state index is 0.0998. The molecule has 0 aromatic carbocycles. The normalized spacial score (nSPS) is 25.0. The molecular weight excluding hydrogens is 140 g/mol. The lowest BCUT2D eigenvalue weighted by Gasteiger charge is -2.05. The van der Waals surface area contributed by atoms with Crippen LogP contribution in [0.4, 0.5) is 0 Å². The summed E-state index contributed by atoms with van der Waals surface area (Å²) in [4.78, 5) is 10.9.